The lowest BCUT2D eigenvalue weighted by molar-refractivity contribution is 0.111. The number of hydrogen-bond donors (Lipinski definition) is 1. The number of nitrogens with zero attached hydrogens (tertiary/aromatic N) is 2. The van der Waals surface area contributed by atoms with Crippen molar-refractivity contribution in [1.29, 1.82) is 0 Å². The smallest absolute Gasteiger partial charge is 0.0639 e. The van der Waals surface area contributed by atoms with Crippen LogP contribution in [0.15, 0.2) is 0 Å². The quantitative estimate of drug-likeness (QED) is 0.764. The van der Waals surface area contributed by atoms with E-state index in [2.05, 4.69) is 30.6 Å². The molecule has 0 aliphatic carbocycles. The highest BCUT2D eigenvalue weighted by molar-refractivity contribution is 4.79. The van der Waals surface area contributed by atoms with Crippen molar-refractivity contribution in [3.05, 3.63) is 0 Å². The maximum Gasteiger partial charge on any atom is 0.0639 e. The fourth-order valence-electron chi connectivity index (χ4n) is 2.57. The highest BCUT2D eigenvalue weighted by atomic mass is 16.3. The Hall–Kier alpha value is -0.120. The maximum absolute atomic E-state index is 9.40. The first-order chi connectivity index (χ1) is 7.00. The summed E-state index contributed by atoms with van der Waals surface area (Å²) >= 11 is 0. The van der Waals surface area contributed by atoms with Crippen molar-refractivity contribution in [2.24, 2.45) is 0 Å². The van der Waals surface area contributed by atoms with Gasteiger partial charge in [0.05, 0.1) is 6.10 Å². The van der Waals surface area contributed by atoms with E-state index < -0.39 is 0 Å². The van der Waals surface area contributed by atoms with Gasteiger partial charge < -0.3 is 5.11 Å². The Balaban J connectivity index is 2.49. The number of aliphatic hydroxyl groups is 1. The second-order valence-corrected chi connectivity index (χ2v) is 5.14. The zero-order chi connectivity index (χ0) is 11.4. The third-order valence-corrected chi connectivity index (χ3v) is 3.16. The van der Waals surface area contributed by atoms with Crippen LogP contribution >= 0.6 is 0 Å². The molecule has 2 atom stereocenters. The predicted octanol–water partition coefficient (Wildman–Crippen LogP) is 1.17. The molecule has 1 unspecified atom stereocenters. The lowest BCUT2D eigenvalue weighted by atomic mass is 10.2. The Morgan fingerprint density at radius 3 is 2.47 bits per heavy atom. The molecule has 0 saturated carbocycles. The first-order valence-corrected chi connectivity index (χ1v) is 6.17. The molecule has 3 heteroatoms. The molecule has 0 amide bonds. The summed E-state index contributed by atoms with van der Waals surface area (Å²) in [7, 11) is 0. The van der Waals surface area contributed by atoms with E-state index in [0.29, 0.717) is 12.1 Å². The summed E-state index contributed by atoms with van der Waals surface area (Å²) < 4.78 is 0. The van der Waals surface area contributed by atoms with Gasteiger partial charge in [0.25, 0.3) is 0 Å². The molecule has 0 spiro atoms. The second-order valence-electron chi connectivity index (χ2n) is 5.14. The summed E-state index contributed by atoms with van der Waals surface area (Å²) in [5, 5.41) is 9.40. The van der Waals surface area contributed by atoms with Crippen molar-refractivity contribution in [3.8, 4) is 0 Å². The van der Waals surface area contributed by atoms with Crippen molar-refractivity contribution >= 4 is 0 Å². The Kier molecular flexibility index (Phi) is 5.03. The lowest BCUT2D eigenvalue weighted by Crippen LogP contribution is -2.43. The average molecular weight is 214 g/mol. The van der Waals surface area contributed by atoms with Crippen LogP contribution in [0.2, 0.25) is 0 Å². The minimum absolute atomic E-state index is 0.206. The van der Waals surface area contributed by atoms with Crippen molar-refractivity contribution in [2.45, 2.75) is 52.3 Å². The summed E-state index contributed by atoms with van der Waals surface area (Å²) in [4.78, 5) is 4.94. The highest BCUT2D eigenvalue weighted by Gasteiger charge is 2.23. The van der Waals surface area contributed by atoms with Gasteiger partial charge in [-0.05, 0) is 47.2 Å². The van der Waals surface area contributed by atoms with Crippen molar-refractivity contribution in [1.82, 2.24) is 9.80 Å². The standard InChI is InChI=1S/C12H26N2O/c1-10(2)14-7-5-6-13(8-11(14)3)9-12(4)15/h10-12,15H,5-9H2,1-4H3/t11-,12?/m0/s1. The molecule has 0 aromatic heterocycles. The van der Waals surface area contributed by atoms with Gasteiger partial charge in [-0.15, -0.1) is 0 Å². The van der Waals surface area contributed by atoms with E-state index in [1.807, 2.05) is 6.92 Å². The van der Waals surface area contributed by atoms with Crippen LogP contribution < -0.4 is 0 Å². The van der Waals surface area contributed by atoms with Crippen LogP contribution in [-0.2, 0) is 0 Å². The molecule has 0 aromatic carbocycles. The number of β-amino-alcohol motifs (C(OH)–C–C–N with tert-alkyl or cyclic N) is 1. The molecule has 1 N–H and O–H groups in total. The SMILES string of the molecule is CC(O)CN1CCCN(C(C)C)[C@@H](C)C1. The van der Waals surface area contributed by atoms with E-state index in [0.717, 1.165) is 19.6 Å². The van der Waals surface area contributed by atoms with Gasteiger partial charge in [0.15, 0.2) is 0 Å². The van der Waals surface area contributed by atoms with Crippen LogP contribution in [0.4, 0.5) is 0 Å². The van der Waals surface area contributed by atoms with Crippen LogP contribution in [0.3, 0.4) is 0 Å². The van der Waals surface area contributed by atoms with Crippen molar-refractivity contribution in [3.63, 3.8) is 0 Å². The van der Waals surface area contributed by atoms with E-state index >= 15 is 0 Å². The average Bonchev–Trinajstić information content (AvgIpc) is 2.25. The van der Waals surface area contributed by atoms with Crippen LogP contribution in [-0.4, -0.2) is 59.3 Å². The van der Waals surface area contributed by atoms with Crippen LogP contribution in [0.25, 0.3) is 0 Å². The minimum Gasteiger partial charge on any atom is -0.392 e. The molecule has 0 aromatic rings. The first kappa shape index (κ1) is 12.9. The number of rotatable bonds is 3. The zero-order valence-electron chi connectivity index (χ0n) is 10.6. The first-order valence-electron chi connectivity index (χ1n) is 6.17. The normalized spacial score (nSPS) is 28.0. The summed E-state index contributed by atoms with van der Waals surface area (Å²) in [5.74, 6) is 0. The molecule has 1 heterocycles. The minimum atomic E-state index is -0.206. The largest absolute Gasteiger partial charge is 0.392 e. The molecule has 1 saturated heterocycles. The Labute approximate surface area is 94.1 Å². The van der Waals surface area contributed by atoms with Crippen molar-refractivity contribution in [2.75, 3.05) is 26.2 Å². The zero-order valence-corrected chi connectivity index (χ0v) is 10.6. The molecule has 15 heavy (non-hydrogen) atoms. The molecule has 0 radical (unpaired) electrons. The van der Waals surface area contributed by atoms with Crippen LogP contribution in [0.5, 0.6) is 0 Å². The number of hydrogen-bond acceptors (Lipinski definition) is 3. The predicted molar refractivity (Wildman–Crippen MR) is 64.0 cm³/mol. The summed E-state index contributed by atoms with van der Waals surface area (Å²) in [6.07, 6.45) is 1.01. The third-order valence-electron chi connectivity index (χ3n) is 3.16. The van der Waals surface area contributed by atoms with E-state index in [1.54, 1.807) is 0 Å². The van der Waals surface area contributed by atoms with Gasteiger partial charge in [-0.2, -0.15) is 0 Å². The van der Waals surface area contributed by atoms with Gasteiger partial charge in [0, 0.05) is 25.2 Å². The second kappa shape index (κ2) is 5.83. The molecule has 1 rings (SSSR count). The molecule has 1 aliphatic heterocycles. The van der Waals surface area contributed by atoms with E-state index in [4.69, 9.17) is 0 Å². The highest BCUT2D eigenvalue weighted by Crippen LogP contribution is 2.13. The molecular weight excluding hydrogens is 188 g/mol. The van der Waals surface area contributed by atoms with Crippen LogP contribution in [0, 0.1) is 0 Å². The Morgan fingerprint density at radius 1 is 1.27 bits per heavy atom. The molecular formula is C12H26N2O. The van der Waals surface area contributed by atoms with E-state index in [9.17, 15) is 5.11 Å². The van der Waals surface area contributed by atoms with Gasteiger partial charge >= 0.3 is 0 Å². The Bertz CT molecular complexity index is 182. The number of aliphatic hydroxyl groups excluding tert-OH is 1. The topological polar surface area (TPSA) is 26.7 Å². The Morgan fingerprint density at radius 2 is 1.93 bits per heavy atom. The van der Waals surface area contributed by atoms with Gasteiger partial charge in [-0.25, -0.2) is 0 Å². The fourth-order valence-corrected chi connectivity index (χ4v) is 2.57. The molecule has 0 bridgehead atoms. The van der Waals surface area contributed by atoms with Crippen LogP contribution in [0.1, 0.15) is 34.1 Å². The summed E-state index contributed by atoms with van der Waals surface area (Å²) in [6.45, 7) is 12.9. The van der Waals surface area contributed by atoms with E-state index in [-0.39, 0.29) is 6.10 Å². The molecule has 1 fully saturated rings. The summed E-state index contributed by atoms with van der Waals surface area (Å²) in [5.41, 5.74) is 0. The van der Waals surface area contributed by atoms with Gasteiger partial charge in [-0.3, -0.25) is 9.80 Å². The van der Waals surface area contributed by atoms with Gasteiger partial charge in [-0.1, -0.05) is 0 Å². The molecule has 1 aliphatic rings. The maximum atomic E-state index is 9.40. The fraction of sp³-hybridized carbons (Fsp3) is 1.00. The third kappa shape index (κ3) is 4.09. The molecule has 3 nitrogen and oxygen atoms in total. The van der Waals surface area contributed by atoms with Gasteiger partial charge in [0.2, 0.25) is 0 Å². The summed E-state index contributed by atoms with van der Waals surface area (Å²) in [6, 6.07) is 1.23. The van der Waals surface area contributed by atoms with E-state index in [1.165, 1.54) is 13.0 Å². The lowest BCUT2D eigenvalue weighted by Gasteiger charge is -2.32. The molecule has 90 valence electrons. The van der Waals surface area contributed by atoms with Gasteiger partial charge in [0.1, 0.15) is 0 Å². The van der Waals surface area contributed by atoms with Crippen molar-refractivity contribution < 1.29 is 5.11 Å². The monoisotopic (exact) mass is 214 g/mol.